The molecule has 6 nitrogen and oxygen atoms in total. The van der Waals surface area contributed by atoms with E-state index in [1.165, 1.54) is 0 Å². The van der Waals surface area contributed by atoms with Crippen molar-refractivity contribution in [2.45, 2.75) is 32.4 Å². The average Bonchev–Trinajstić information content (AvgIpc) is 2.44. The predicted octanol–water partition coefficient (Wildman–Crippen LogP) is 1.54. The van der Waals surface area contributed by atoms with Crippen LogP contribution in [-0.2, 0) is 22.5 Å². The van der Waals surface area contributed by atoms with Crippen molar-refractivity contribution in [3.05, 3.63) is 35.4 Å². The number of rotatable bonds is 7. The maximum absolute atomic E-state index is 11.7. The van der Waals surface area contributed by atoms with E-state index in [0.29, 0.717) is 12.1 Å². The van der Waals surface area contributed by atoms with Crippen LogP contribution in [0.3, 0.4) is 0 Å². The lowest BCUT2D eigenvalue weighted by atomic mass is 10.0. The van der Waals surface area contributed by atoms with E-state index in [9.17, 15) is 9.59 Å². The summed E-state index contributed by atoms with van der Waals surface area (Å²) in [6, 6.07) is 6.83. The Balaban J connectivity index is 2.52. The fraction of sp³-hybridized carbons (Fsp3) is 0.467. The number of carbonyl (C=O) groups excluding carboxylic acids is 1. The molecule has 1 aromatic rings. The van der Waals surface area contributed by atoms with Crippen LogP contribution in [-0.4, -0.2) is 36.4 Å². The molecular weight excluding hydrogens is 272 g/mol. The number of methoxy groups -OCH3 is 1. The van der Waals surface area contributed by atoms with Gasteiger partial charge in [0, 0.05) is 20.2 Å². The maximum atomic E-state index is 11.7. The van der Waals surface area contributed by atoms with Crippen molar-refractivity contribution in [2.24, 2.45) is 0 Å². The summed E-state index contributed by atoms with van der Waals surface area (Å²) in [6.45, 7) is 4.40. The van der Waals surface area contributed by atoms with Crippen molar-refractivity contribution >= 4 is 12.0 Å². The first-order chi connectivity index (χ1) is 9.84. The van der Waals surface area contributed by atoms with Gasteiger partial charge in [-0.3, -0.25) is 4.79 Å². The monoisotopic (exact) mass is 294 g/mol. The van der Waals surface area contributed by atoms with Crippen molar-refractivity contribution in [3.8, 4) is 0 Å². The lowest BCUT2D eigenvalue weighted by molar-refractivity contribution is -0.136. The molecule has 0 unspecified atom stereocenters. The first-order valence-electron chi connectivity index (χ1n) is 6.69. The first kappa shape index (κ1) is 17.0. The smallest absolute Gasteiger partial charge is 0.315 e. The second-order valence-electron chi connectivity index (χ2n) is 5.34. The van der Waals surface area contributed by atoms with Gasteiger partial charge in [0.25, 0.3) is 0 Å². The van der Waals surface area contributed by atoms with Crippen LogP contribution in [0.25, 0.3) is 0 Å². The second kappa shape index (κ2) is 7.64. The molecule has 0 atom stereocenters. The highest BCUT2D eigenvalue weighted by atomic mass is 16.5. The van der Waals surface area contributed by atoms with Gasteiger partial charge in [0.15, 0.2) is 0 Å². The Kier molecular flexibility index (Phi) is 6.17. The van der Waals surface area contributed by atoms with Gasteiger partial charge in [-0.1, -0.05) is 24.3 Å². The van der Waals surface area contributed by atoms with Crippen LogP contribution >= 0.6 is 0 Å². The Bertz CT molecular complexity index is 500. The van der Waals surface area contributed by atoms with E-state index in [0.717, 1.165) is 5.56 Å². The molecule has 116 valence electrons. The molecular formula is C15H22N2O4. The zero-order valence-electron chi connectivity index (χ0n) is 12.6. The lowest BCUT2D eigenvalue weighted by Gasteiger charge is -2.23. The third-order valence-corrected chi connectivity index (χ3v) is 3.13. The topological polar surface area (TPSA) is 87.7 Å². The number of carbonyl (C=O) groups is 2. The number of hydrogen-bond acceptors (Lipinski definition) is 3. The molecule has 21 heavy (non-hydrogen) atoms. The molecule has 2 amide bonds. The molecule has 1 aromatic carbocycles. The van der Waals surface area contributed by atoms with Gasteiger partial charge in [-0.15, -0.1) is 0 Å². The number of carboxylic acids is 1. The summed E-state index contributed by atoms with van der Waals surface area (Å²) in [5, 5.41) is 14.3. The van der Waals surface area contributed by atoms with Gasteiger partial charge in [0.2, 0.25) is 0 Å². The van der Waals surface area contributed by atoms with Crippen LogP contribution < -0.4 is 10.6 Å². The minimum atomic E-state index is -0.895. The van der Waals surface area contributed by atoms with E-state index in [2.05, 4.69) is 10.6 Å². The molecule has 0 heterocycles. The Morgan fingerprint density at radius 1 is 1.19 bits per heavy atom. The standard InChI is InChI=1S/C15H22N2O4/c1-15(2,21-3)10-17-14(20)16-9-12-7-5-4-6-11(12)8-13(18)19/h4-7H,8-10H2,1-3H3,(H,18,19)(H2,16,17,20). The average molecular weight is 294 g/mol. The van der Waals surface area contributed by atoms with E-state index in [4.69, 9.17) is 9.84 Å². The predicted molar refractivity (Wildman–Crippen MR) is 79.1 cm³/mol. The van der Waals surface area contributed by atoms with Crippen LogP contribution in [0.1, 0.15) is 25.0 Å². The molecule has 3 N–H and O–H groups in total. The van der Waals surface area contributed by atoms with Crippen molar-refractivity contribution in [2.75, 3.05) is 13.7 Å². The number of carboxylic acid groups (broad SMARTS) is 1. The van der Waals surface area contributed by atoms with Gasteiger partial charge in [-0.25, -0.2) is 4.79 Å². The molecule has 0 aliphatic carbocycles. The molecule has 0 fully saturated rings. The molecule has 0 radical (unpaired) electrons. The summed E-state index contributed by atoms with van der Waals surface area (Å²) in [5.74, 6) is -0.895. The highest BCUT2D eigenvalue weighted by Gasteiger charge is 2.17. The van der Waals surface area contributed by atoms with Crippen LogP contribution in [0, 0.1) is 0 Å². The molecule has 0 bridgehead atoms. The number of aliphatic carboxylic acids is 1. The zero-order chi connectivity index (χ0) is 15.9. The highest BCUT2D eigenvalue weighted by molar-refractivity contribution is 5.74. The quantitative estimate of drug-likeness (QED) is 0.712. The molecule has 0 saturated carbocycles. The summed E-state index contributed by atoms with van der Waals surface area (Å²) < 4.78 is 5.21. The molecule has 0 aliphatic heterocycles. The van der Waals surface area contributed by atoms with Gasteiger partial charge < -0.3 is 20.5 Å². The summed E-state index contributed by atoms with van der Waals surface area (Å²) in [4.78, 5) is 22.5. The van der Waals surface area contributed by atoms with E-state index in [-0.39, 0.29) is 19.0 Å². The number of ether oxygens (including phenoxy) is 1. The van der Waals surface area contributed by atoms with E-state index in [1.54, 1.807) is 25.3 Å². The summed E-state index contributed by atoms with van der Waals surface area (Å²) in [7, 11) is 1.59. The largest absolute Gasteiger partial charge is 0.481 e. The molecule has 0 spiro atoms. The van der Waals surface area contributed by atoms with Crippen molar-refractivity contribution < 1.29 is 19.4 Å². The summed E-state index contributed by atoms with van der Waals surface area (Å²) >= 11 is 0. The number of nitrogens with one attached hydrogen (secondary N) is 2. The first-order valence-corrected chi connectivity index (χ1v) is 6.69. The highest BCUT2D eigenvalue weighted by Crippen LogP contribution is 2.09. The summed E-state index contributed by atoms with van der Waals surface area (Å²) in [5.41, 5.74) is 1.06. The van der Waals surface area contributed by atoms with Gasteiger partial charge in [0.05, 0.1) is 12.0 Å². The zero-order valence-corrected chi connectivity index (χ0v) is 12.6. The molecule has 1 rings (SSSR count). The van der Waals surface area contributed by atoms with Gasteiger partial charge in [-0.2, -0.15) is 0 Å². The normalized spacial score (nSPS) is 11.0. The second-order valence-corrected chi connectivity index (χ2v) is 5.34. The van der Waals surface area contributed by atoms with Crippen molar-refractivity contribution in [1.82, 2.24) is 10.6 Å². The number of urea groups is 1. The Morgan fingerprint density at radius 3 is 2.38 bits per heavy atom. The molecule has 6 heteroatoms. The number of amides is 2. The Labute approximate surface area is 124 Å². The lowest BCUT2D eigenvalue weighted by Crippen LogP contribution is -2.44. The van der Waals surface area contributed by atoms with E-state index >= 15 is 0 Å². The van der Waals surface area contributed by atoms with Gasteiger partial charge >= 0.3 is 12.0 Å². The molecule has 0 saturated heterocycles. The minimum Gasteiger partial charge on any atom is -0.481 e. The van der Waals surface area contributed by atoms with E-state index in [1.807, 2.05) is 19.9 Å². The number of benzene rings is 1. The van der Waals surface area contributed by atoms with Crippen molar-refractivity contribution in [1.29, 1.82) is 0 Å². The van der Waals surface area contributed by atoms with Crippen LogP contribution in [0.5, 0.6) is 0 Å². The third kappa shape index (κ3) is 6.27. The SMILES string of the molecule is COC(C)(C)CNC(=O)NCc1ccccc1CC(=O)O. The molecule has 0 aromatic heterocycles. The van der Waals surface area contributed by atoms with Crippen LogP contribution in [0.4, 0.5) is 4.79 Å². The third-order valence-electron chi connectivity index (χ3n) is 3.13. The molecule has 0 aliphatic rings. The fourth-order valence-electron chi connectivity index (χ4n) is 1.67. The van der Waals surface area contributed by atoms with Crippen LogP contribution in [0.15, 0.2) is 24.3 Å². The fourth-order valence-corrected chi connectivity index (χ4v) is 1.67. The van der Waals surface area contributed by atoms with Gasteiger partial charge in [0.1, 0.15) is 0 Å². The van der Waals surface area contributed by atoms with Gasteiger partial charge in [-0.05, 0) is 25.0 Å². The summed E-state index contributed by atoms with van der Waals surface area (Å²) in [6.07, 6.45) is -0.0593. The van der Waals surface area contributed by atoms with E-state index < -0.39 is 11.6 Å². The van der Waals surface area contributed by atoms with Crippen LogP contribution in [0.2, 0.25) is 0 Å². The van der Waals surface area contributed by atoms with Crippen molar-refractivity contribution in [3.63, 3.8) is 0 Å². The number of hydrogen-bond donors (Lipinski definition) is 3. The Hall–Kier alpha value is -2.08. The maximum Gasteiger partial charge on any atom is 0.315 e. The Morgan fingerprint density at radius 2 is 1.81 bits per heavy atom. The minimum absolute atomic E-state index is 0.0593.